The monoisotopic (exact) mass is 285 g/mol. The number of ether oxygens (including phenoxy) is 1. The lowest BCUT2D eigenvalue weighted by atomic mass is 9.94. The second-order valence-corrected chi connectivity index (χ2v) is 6.49. The lowest BCUT2D eigenvalue weighted by Gasteiger charge is -2.28. The lowest BCUT2D eigenvalue weighted by Crippen LogP contribution is -2.40. The van der Waals surface area contributed by atoms with E-state index in [1.165, 1.54) is 18.3 Å². The summed E-state index contributed by atoms with van der Waals surface area (Å²) in [4.78, 5) is 3.94. The molecule has 19 heavy (non-hydrogen) atoms. The number of aromatic nitrogens is 1. The number of nitrogens with one attached hydrogen (secondary N) is 1. The molecule has 1 fully saturated rings. The molecule has 3 N–H and O–H groups in total. The highest BCUT2D eigenvalue weighted by molar-refractivity contribution is 7.89. The Kier molecular flexibility index (Phi) is 4.38. The van der Waals surface area contributed by atoms with Crippen molar-refractivity contribution in [3.8, 4) is 0 Å². The Morgan fingerprint density at radius 1 is 1.47 bits per heavy atom. The van der Waals surface area contributed by atoms with Crippen molar-refractivity contribution >= 4 is 15.8 Å². The van der Waals surface area contributed by atoms with Crippen molar-refractivity contribution in [3.63, 3.8) is 0 Å². The minimum absolute atomic E-state index is 0.122. The molecule has 0 aromatic carbocycles. The molecule has 0 bridgehead atoms. The summed E-state index contributed by atoms with van der Waals surface area (Å²) in [6.45, 7) is 3.27. The molecule has 106 valence electrons. The molecular weight excluding hydrogens is 266 g/mol. The van der Waals surface area contributed by atoms with Crippen molar-refractivity contribution in [2.75, 3.05) is 18.9 Å². The third kappa shape index (κ3) is 3.65. The molecule has 1 aromatic rings. The van der Waals surface area contributed by atoms with Crippen LogP contribution in [0, 0.1) is 5.92 Å². The molecule has 0 saturated carbocycles. The SMILES string of the molecule is CC(NS(=O)(=O)c1ccnc(N)c1)C1CCOCC1. The van der Waals surface area contributed by atoms with Gasteiger partial charge in [-0.05, 0) is 31.7 Å². The highest BCUT2D eigenvalue weighted by Gasteiger charge is 2.25. The summed E-state index contributed by atoms with van der Waals surface area (Å²) in [7, 11) is -3.54. The first kappa shape index (κ1) is 14.2. The summed E-state index contributed by atoms with van der Waals surface area (Å²) >= 11 is 0. The zero-order chi connectivity index (χ0) is 13.9. The third-order valence-corrected chi connectivity index (χ3v) is 4.93. The number of nitrogens with zero attached hydrogens (tertiary/aromatic N) is 1. The summed E-state index contributed by atoms with van der Waals surface area (Å²) in [6.07, 6.45) is 3.15. The summed E-state index contributed by atoms with van der Waals surface area (Å²) in [6, 6.07) is 2.68. The number of rotatable bonds is 4. The van der Waals surface area contributed by atoms with Crippen molar-refractivity contribution in [1.29, 1.82) is 0 Å². The first-order chi connectivity index (χ1) is 8.99. The normalized spacial score (nSPS) is 19.2. The van der Waals surface area contributed by atoms with Crippen LogP contribution in [-0.2, 0) is 14.8 Å². The number of sulfonamides is 1. The Hall–Kier alpha value is -1.18. The number of pyridine rings is 1. The molecule has 6 nitrogen and oxygen atoms in total. The quantitative estimate of drug-likeness (QED) is 0.851. The Labute approximate surface area is 113 Å². The van der Waals surface area contributed by atoms with E-state index >= 15 is 0 Å². The van der Waals surface area contributed by atoms with Crippen LogP contribution in [0.3, 0.4) is 0 Å². The molecule has 1 atom stereocenters. The summed E-state index contributed by atoms with van der Waals surface area (Å²) in [5, 5.41) is 0. The van der Waals surface area contributed by atoms with Gasteiger partial charge in [0.05, 0.1) is 4.90 Å². The molecule has 7 heteroatoms. The van der Waals surface area contributed by atoms with Gasteiger partial charge in [0.25, 0.3) is 0 Å². The van der Waals surface area contributed by atoms with Crippen molar-refractivity contribution in [2.24, 2.45) is 5.92 Å². The molecule has 1 unspecified atom stereocenters. The Morgan fingerprint density at radius 3 is 2.79 bits per heavy atom. The van der Waals surface area contributed by atoms with Crippen molar-refractivity contribution in [1.82, 2.24) is 9.71 Å². The van der Waals surface area contributed by atoms with E-state index in [1.54, 1.807) is 0 Å². The molecule has 0 aliphatic carbocycles. The van der Waals surface area contributed by atoms with Gasteiger partial charge in [0, 0.05) is 31.5 Å². The predicted octanol–water partition coefficient (Wildman–Crippen LogP) is 0.757. The Balaban J connectivity index is 2.08. The van der Waals surface area contributed by atoms with Gasteiger partial charge < -0.3 is 10.5 Å². The van der Waals surface area contributed by atoms with E-state index in [2.05, 4.69) is 9.71 Å². The van der Waals surface area contributed by atoms with Crippen molar-refractivity contribution in [2.45, 2.75) is 30.7 Å². The zero-order valence-corrected chi connectivity index (χ0v) is 11.7. The Morgan fingerprint density at radius 2 is 2.16 bits per heavy atom. The molecule has 0 amide bonds. The topological polar surface area (TPSA) is 94.3 Å². The molecule has 1 saturated heterocycles. The van der Waals surface area contributed by atoms with Crippen molar-refractivity contribution in [3.05, 3.63) is 18.3 Å². The van der Waals surface area contributed by atoms with E-state index in [9.17, 15) is 8.42 Å². The molecule has 1 aliphatic rings. The van der Waals surface area contributed by atoms with Gasteiger partial charge in [-0.15, -0.1) is 0 Å². The highest BCUT2D eigenvalue weighted by atomic mass is 32.2. The van der Waals surface area contributed by atoms with E-state index in [0.717, 1.165) is 12.8 Å². The molecule has 0 spiro atoms. The van der Waals surface area contributed by atoms with Crippen LogP contribution in [0.1, 0.15) is 19.8 Å². The second kappa shape index (κ2) is 5.85. The maximum atomic E-state index is 12.2. The van der Waals surface area contributed by atoms with Crippen LogP contribution in [0.25, 0.3) is 0 Å². The number of nitrogens with two attached hydrogens (primary N) is 1. The van der Waals surface area contributed by atoms with Crippen molar-refractivity contribution < 1.29 is 13.2 Å². The largest absolute Gasteiger partial charge is 0.384 e. The van der Waals surface area contributed by atoms with Gasteiger partial charge in [-0.1, -0.05) is 0 Å². The van der Waals surface area contributed by atoms with Gasteiger partial charge in [-0.3, -0.25) is 0 Å². The van der Waals surface area contributed by atoms with E-state index in [1.807, 2.05) is 6.92 Å². The van der Waals surface area contributed by atoms with Crippen LogP contribution in [0.2, 0.25) is 0 Å². The van der Waals surface area contributed by atoms with Gasteiger partial charge in [0.1, 0.15) is 5.82 Å². The first-order valence-electron chi connectivity index (χ1n) is 6.30. The average Bonchev–Trinajstić information content (AvgIpc) is 2.39. The molecule has 2 heterocycles. The van der Waals surface area contributed by atoms with E-state index < -0.39 is 10.0 Å². The minimum atomic E-state index is -3.54. The zero-order valence-electron chi connectivity index (χ0n) is 10.9. The van der Waals surface area contributed by atoms with Crippen LogP contribution in [-0.4, -0.2) is 32.7 Å². The predicted molar refractivity (Wildman–Crippen MR) is 72.0 cm³/mol. The standard InChI is InChI=1S/C12H19N3O3S/c1-9(10-3-6-18-7-4-10)15-19(16,17)11-2-5-14-12(13)8-11/h2,5,8-10,15H,3-4,6-7H2,1H3,(H2,13,14). The molecule has 1 aromatic heterocycles. The fourth-order valence-corrected chi connectivity index (χ4v) is 3.55. The number of hydrogen-bond acceptors (Lipinski definition) is 5. The summed E-state index contributed by atoms with van der Waals surface area (Å²) < 4.78 is 32.4. The lowest BCUT2D eigenvalue weighted by molar-refractivity contribution is 0.0585. The van der Waals surface area contributed by atoms with Crippen LogP contribution in [0.15, 0.2) is 23.2 Å². The van der Waals surface area contributed by atoms with E-state index in [-0.39, 0.29) is 16.8 Å². The first-order valence-corrected chi connectivity index (χ1v) is 7.79. The molecule has 2 rings (SSSR count). The Bertz CT molecular complexity index is 527. The second-order valence-electron chi connectivity index (χ2n) is 4.78. The maximum Gasteiger partial charge on any atom is 0.241 e. The van der Waals surface area contributed by atoms with Gasteiger partial charge >= 0.3 is 0 Å². The van der Waals surface area contributed by atoms with Gasteiger partial charge in [0.2, 0.25) is 10.0 Å². The number of nitrogen functional groups attached to an aromatic ring is 1. The van der Waals surface area contributed by atoms with Crippen LogP contribution in [0.5, 0.6) is 0 Å². The summed E-state index contributed by atoms with van der Waals surface area (Å²) in [5.41, 5.74) is 5.51. The summed E-state index contributed by atoms with van der Waals surface area (Å²) in [5.74, 6) is 0.504. The van der Waals surface area contributed by atoms with E-state index in [0.29, 0.717) is 19.1 Å². The highest BCUT2D eigenvalue weighted by Crippen LogP contribution is 2.20. The smallest absolute Gasteiger partial charge is 0.241 e. The van der Waals surface area contributed by atoms with Gasteiger partial charge in [-0.25, -0.2) is 18.1 Å². The number of anilines is 1. The fourth-order valence-electron chi connectivity index (χ4n) is 2.22. The average molecular weight is 285 g/mol. The van der Waals surface area contributed by atoms with E-state index in [4.69, 9.17) is 10.5 Å². The third-order valence-electron chi connectivity index (χ3n) is 3.38. The molecular formula is C12H19N3O3S. The van der Waals surface area contributed by atoms with Crippen LogP contribution >= 0.6 is 0 Å². The minimum Gasteiger partial charge on any atom is -0.384 e. The molecule has 0 radical (unpaired) electrons. The molecule has 1 aliphatic heterocycles. The fraction of sp³-hybridized carbons (Fsp3) is 0.583. The van der Waals surface area contributed by atoms with Gasteiger partial charge in [0.15, 0.2) is 0 Å². The van der Waals surface area contributed by atoms with Gasteiger partial charge in [-0.2, -0.15) is 0 Å². The van der Waals surface area contributed by atoms with Crippen LogP contribution in [0.4, 0.5) is 5.82 Å². The van der Waals surface area contributed by atoms with Crippen LogP contribution < -0.4 is 10.5 Å². The number of hydrogen-bond donors (Lipinski definition) is 2. The maximum absolute atomic E-state index is 12.2.